The molecule has 24 heavy (non-hydrogen) atoms. The van der Waals surface area contributed by atoms with E-state index in [0.29, 0.717) is 6.54 Å². The van der Waals surface area contributed by atoms with E-state index in [9.17, 15) is 4.79 Å². The third-order valence-corrected chi connectivity index (χ3v) is 3.59. The van der Waals surface area contributed by atoms with Gasteiger partial charge in [-0.15, -0.1) is 0 Å². The van der Waals surface area contributed by atoms with Gasteiger partial charge in [-0.1, -0.05) is 36.4 Å². The molecule has 4 nitrogen and oxygen atoms in total. The predicted molar refractivity (Wildman–Crippen MR) is 94.7 cm³/mol. The number of hydrogen-bond donors (Lipinski definition) is 1. The smallest absolute Gasteiger partial charge is 0.407 e. The Morgan fingerprint density at radius 2 is 1.92 bits per heavy atom. The molecular formula is C20H21NO3. The van der Waals surface area contributed by atoms with Gasteiger partial charge in [0.25, 0.3) is 0 Å². The maximum Gasteiger partial charge on any atom is 0.407 e. The number of carbonyl (C=O) groups excluding carboxylic acids is 1. The number of fused-ring (bicyclic) bond motifs is 1. The van der Waals surface area contributed by atoms with Crippen LogP contribution < -0.4 is 5.32 Å². The van der Waals surface area contributed by atoms with E-state index in [1.165, 1.54) is 0 Å². The summed E-state index contributed by atoms with van der Waals surface area (Å²) in [4.78, 5) is 11.8. The summed E-state index contributed by atoms with van der Waals surface area (Å²) in [6, 6.07) is 14.2. The summed E-state index contributed by atoms with van der Waals surface area (Å²) in [5.74, 6) is 0. The van der Waals surface area contributed by atoms with Crippen molar-refractivity contribution in [2.45, 2.75) is 32.9 Å². The molecule has 0 aliphatic rings. The minimum absolute atomic E-state index is 0.412. The lowest BCUT2D eigenvalue weighted by Crippen LogP contribution is -2.32. The first-order chi connectivity index (χ1) is 11.4. The highest BCUT2D eigenvalue weighted by Gasteiger charge is 2.15. The van der Waals surface area contributed by atoms with E-state index in [1.54, 1.807) is 12.5 Å². The number of amides is 1. The first-order valence-electron chi connectivity index (χ1n) is 7.93. The Hall–Kier alpha value is -2.75. The Bertz CT molecular complexity index is 858. The van der Waals surface area contributed by atoms with Crippen LogP contribution in [-0.4, -0.2) is 11.7 Å². The van der Waals surface area contributed by atoms with Crippen LogP contribution in [0.15, 0.2) is 59.4 Å². The van der Waals surface area contributed by atoms with Crippen molar-refractivity contribution in [3.8, 4) is 11.1 Å². The normalized spacial score (nSPS) is 11.5. The second-order valence-corrected chi connectivity index (χ2v) is 6.74. The number of alkyl carbamates (subject to hydrolysis) is 1. The second-order valence-electron chi connectivity index (χ2n) is 6.74. The van der Waals surface area contributed by atoms with Gasteiger partial charge in [0, 0.05) is 17.3 Å². The average Bonchev–Trinajstić information content (AvgIpc) is 3.00. The third-order valence-electron chi connectivity index (χ3n) is 3.59. The van der Waals surface area contributed by atoms with E-state index in [2.05, 4.69) is 23.5 Å². The molecule has 1 aromatic heterocycles. The minimum Gasteiger partial charge on any atom is -0.471 e. The molecule has 124 valence electrons. The number of ether oxygens (including phenoxy) is 1. The molecule has 1 amide bonds. The Morgan fingerprint density at radius 1 is 1.12 bits per heavy atom. The fourth-order valence-electron chi connectivity index (χ4n) is 2.58. The highest BCUT2D eigenvalue weighted by molar-refractivity contribution is 5.95. The van der Waals surface area contributed by atoms with Crippen molar-refractivity contribution in [3.63, 3.8) is 0 Å². The molecule has 1 heterocycles. The van der Waals surface area contributed by atoms with E-state index in [1.807, 2.05) is 45.0 Å². The van der Waals surface area contributed by atoms with Crippen LogP contribution in [0, 0.1) is 0 Å². The van der Waals surface area contributed by atoms with Crippen molar-refractivity contribution < 1.29 is 13.9 Å². The van der Waals surface area contributed by atoms with Crippen LogP contribution in [0.5, 0.6) is 0 Å². The monoisotopic (exact) mass is 323 g/mol. The molecule has 0 aliphatic carbocycles. The second kappa shape index (κ2) is 6.40. The van der Waals surface area contributed by atoms with Crippen molar-refractivity contribution in [2.24, 2.45) is 0 Å². The van der Waals surface area contributed by atoms with Gasteiger partial charge in [0.15, 0.2) is 0 Å². The first-order valence-corrected chi connectivity index (χ1v) is 7.93. The fourth-order valence-corrected chi connectivity index (χ4v) is 2.58. The van der Waals surface area contributed by atoms with E-state index in [0.717, 1.165) is 27.5 Å². The lowest BCUT2D eigenvalue weighted by atomic mass is 9.99. The molecule has 4 heteroatoms. The summed E-state index contributed by atoms with van der Waals surface area (Å²) in [7, 11) is 0. The average molecular weight is 323 g/mol. The van der Waals surface area contributed by atoms with Crippen LogP contribution in [-0.2, 0) is 11.3 Å². The summed E-state index contributed by atoms with van der Waals surface area (Å²) in [6.45, 7) is 5.96. The molecule has 3 rings (SSSR count). The summed E-state index contributed by atoms with van der Waals surface area (Å²) in [6.07, 6.45) is 3.09. The van der Waals surface area contributed by atoms with Crippen molar-refractivity contribution in [2.75, 3.05) is 0 Å². The summed E-state index contributed by atoms with van der Waals surface area (Å²) >= 11 is 0. The van der Waals surface area contributed by atoms with Gasteiger partial charge in [0.05, 0.1) is 12.5 Å². The Labute approximate surface area is 141 Å². The van der Waals surface area contributed by atoms with E-state index in [4.69, 9.17) is 9.15 Å². The quantitative estimate of drug-likeness (QED) is 0.727. The van der Waals surface area contributed by atoms with Gasteiger partial charge < -0.3 is 14.5 Å². The van der Waals surface area contributed by atoms with Crippen LogP contribution in [0.2, 0.25) is 0 Å². The van der Waals surface area contributed by atoms with Gasteiger partial charge >= 0.3 is 6.09 Å². The Kier molecular flexibility index (Phi) is 4.30. The lowest BCUT2D eigenvalue weighted by Gasteiger charge is -2.19. The molecule has 0 saturated carbocycles. The highest BCUT2D eigenvalue weighted by atomic mass is 16.6. The molecule has 0 fully saturated rings. The first kappa shape index (κ1) is 16.1. The Morgan fingerprint density at radius 3 is 2.71 bits per heavy atom. The van der Waals surface area contributed by atoms with E-state index >= 15 is 0 Å². The largest absolute Gasteiger partial charge is 0.471 e. The van der Waals surface area contributed by atoms with Crippen LogP contribution in [0.25, 0.3) is 21.9 Å². The van der Waals surface area contributed by atoms with Gasteiger partial charge in [0.2, 0.25) is 0 Å². The molecule has 3 aromatic rings. The van der Waals surface area contributed by atoms with Crippen LogP contribution in [0.4, 0.5) is 4.79 Å². The van der Waals surface area contributed by atoms with Crippen LogP contribution in [0.3, 0.4) is 0 Å². The zero-order chi connectivity index (χ0) is 17.2. The molecule has 0 spiro atoms. The highest BCUT2D eigenvalue weighted by Crippen LogP contribution is 2.29. The summed E-state index contributed by atoms with van der Waals surface area (Å²) in [5.41, 5.74) is 2.72. The predicted octanol–water partition coefficient (Wildman–Crippen LogP) is 5.12. The van der Waals surface area contributed by atoms with E-state index < -0.39 is 11.7 Å². The zero-order valence-corrected chi connectivity index (χ0v) is 14.1. The standard InChI is InChI=1S/C20H21NO3/c1-20(2,3)24-19(22)21-11-14-6-4-7-15(10-14)17-9-5-8-16-12-23-13-18(16)17/h4-10,12-13H,11H2,1-3H3,(H,21,22). The number of furan rings is 1. The zero-order valence-electron chi connectivity index (χ0n) is 14.1. The molecule has 1 N–H and O–H groups in total. The van der Waals surface area contributed by atoms with Gasteiger partial charge in [-0.2, -0.15) is 0 Å². The molecule has 0 unspecified atom stereocenters. The number of carbonyl (C=O) groups is 1. The molecule has 2 aromatic carbocycles. The maximum atomic E-state index is 11.8. The molecule has 0 bridgehead atoms. The van der Waals surface area contributed by atoms with Crippen molar-refractivity contribution in [1.82, 2.24) is 5.32 Å². The molecule has 0 saturated heterocycles. The van der Waals surface area contributed by atoms with Gasteiger partial charge in [-0.3, -0.25) is 0 Å². The number of hydrogen-bond acceptors (Lipinski definition) is 3. The van der Waals surface area contributed by atoms with Gasteiger partial charge in [0.1, 0.15) is 5.60 Å². The third kappa shape index (κ3) is 3.77. The SMILES string of the molecule is CC(C)(C)OC(=O)NCc1cccc(-c2cccc3cocc23)c1. The molecule has 0 radical (unpaired) electrons. The van der Waals surface area contributed by atoms with Crippen molar-refractivity contribution >= 4 is 16.9 Å². The Balaban J connectivity index is 1.78. The number of benzene rings is 2. The van der Waals surface area contributed by atoms with Gasteiger partial charge in [-0.05, 0) is 43.5 Å². The van der Waals surface area contributed by atoms with Crippen molar-refractivity contribution in [3.05, 3.63) is 60.6 Å². The topological polar surface area (TPSA) is 51.5 Å². The summed E-state index contributed by atoms with van der Waals surface area (Å²) in [5, 5.41) is 4.94. The fraction of sp³-hybridized carbons (Fsp3) is 0.250. The van der Waals surface area contributed by atoms with Crippen LogP contribution >= 0.6 is 0 Å². The maximum absolute atomic E-state index is 11.8. The minimum atomic E-state index is -0.497. The summed E-state index contributed by atoms with van der Waals surface area (Å²) < 4.78 is 10.6. The van der Waals surface area contributed by atoms with Gasteiger partial charge in [-0.25, -0.2) is 4.79 Å². The van der Waals surface area contributed by atoms with Crippen molar-refractivity contribution in [1.29, 1.82) is 0 Å². The molecule has 0 aliphatic heterocycles. The molecular weight excluding hydrogens is 302 g/mol. The molecule has 0 atom stereocenters. The van der Waals surface area contributed by atoms with E-state index in [-0.39, 0.29) is 0 Å². The number of nitrogens with one attached hydrogen (secondary N) is 1. The lowest BCUT2D eigenvalue weighted by molar-refractivity contribution is 0.0523. The van der Waals surface area contributed by atoms with Crippen LogP contribution in [0.1, 0.15) is 26.3 Å². The number of rotatable bonds is 3.